The Labute approximate surface area is 90.3 Å². The van der Waals surface area contributed by atoms with E-state index in [1.54, 1.807) is 0 Å². The van der Waals surface area contributed by atoms with Gasteiger partial charge in [-0.25, -0.2) is 0 Å². The van der Waals surface area contributed by atoms with Crippen molar-refractivity contribution < 1.29 is 9.53 Å². The van der Waals surface area contributed by atoms with Gasteiger partial charge in [-0.1, -0.05) is 36.2 Å². The zero-order chi connectivity index (χ0) is 10.7. The predicted octanol–water partition coefficient (Wildman–Crippen LogP) is 2.84. The van der Waals surface area contributed by atoms with Gasteiger partial charge in [0.15, 0.2) is 0 Å². The first kappa shape index (κ1) is 10.2. The number of ether oxygens (including phenoxy) is 1. The molecule has 15 heavy (non-hydrogen) atoms. The Kier molecular flexibility index (Phi) is 3.05. The van der Waals surface area contributed by atoms with Crippen molar-refractivity contribution >= 4 is 5.97 Å². The Morgan fingerprint density at radius 3 is 2.53 bits per heavy atom. The zero-order valence-corrected chi connectivity index (χ0v) is 9.03. The van der Waals surface area contributed by atoms with Gasteiger partial charge in [-0.15, -0.1) is 0 Å². The molecule has 2 heteroatoms. The second kappa shape index (κ2) is 4.47. The summed E-state index contributed by atoms with van der Waals surface area (Å²) in [6, 6.07) is 8.08. The Bertz CT molecular complexity index is 336. The molecule has 0 N–H and O–H groups in total. The largest absolute Gasteiger partial charge is 0.461 e. The minimum Gasteiger partial charge on any atom is -0.461 e. The van der Waals surface area contributed by atoms with Crippen LogP contribution in [-0.2, 0) is 16.1 Å². The van der Waals surface area contributed by atoms with Crippen molar-refractivity contribution in [3.63, 3.8) is 0 Å². The molecule has 2 rings (SSSR count). The summed E-state index contributed by atoms with van der Waals surface area (Å²) in [4.78, 5) is 11.4. The number of aryl methyl sites for hydroxylation is 1. The number of esters is 1. The number of hydrogen-bond donors (Lipinski definition) is 0. The number of carbonyl (C=O) groups is 1. The van der Waals surface area contributed by atoms with E-state index < -0.39 is 0 Å². The average molecular weight is 204 g/mol. The van der Waals surface area contributed by atoms with E-state index in [1.165, 1.54) is 12.0 Å². The van der Waals surface area contributed by atoms with Gasteiger partial charge in [0.2, 0.25) is 0 Å². The lowest BCUT2D eigenvalue weighted by atomic mass is 9.86. The zero-order valence-electron chi connectivity index (χ0n) is 9.03. The number of rotatable bonds is 3. The summed E-state index contributed by atoms with van der Waals surface area (Å²) in [7, 11) is 0. The van der Waals surface area contributed by atoms with Crippen LogP contribution >= 0.6 is 0 Å². The molecule has 0 spiro atoms. The molecule has 0 unspecified atom stereocenters. The van der Waals surface area contributed by atoms with Crippen LogP contribution in [0.15, 0.2) is 24.3 Å². The molecule has 0 saturated heterocycles. The molecule has 0 bridgehead atoms. The minimum absolute atomic E-state index is 0.0261. The van der Waals surface area contributed by atoms with Gasteiger partial charge in [0.25, 0.3) is 0 Å². The Morgan fingerprint density at radius 2 is 2.00 bits per heavy atom. The molecule has 0 aliphatic heterocycles. The molecule has 1 saturated carbocycles. The van der Waals surface area contributed by atoms with E-state index in [2.05, 4.69) is 0 Å². The molecular formula is C13H16O2. The Balaban J connectivity index is 1.82. The maximum Gasteiger partial charge on any atom is 0.309 e. The van der Waals surface area contributed by atoms with Crippen LogP contribution in [0.5, 0.6) is 0 Å². The van der Waals surface area contributed by atoms with E-state index in [4.69, 9.17) is 4.74 Å². The molecule has 0 aromatic heterocycles. The fourth-order valence-electron chi connectivity index (χ4n) is 1.60. The molecular weight excluding hydrogens is 188 g/mol. The van der Waals surface area contributed by atoms with Gasteiger partial charge < -0.3 is 4.74 Å². The standard InChI is InChI=1S/C13H16O2/c1-10-5-7-11(8-6-10)9-15-13(14)12-3-2-4-12/h5-8,12H,2-4,9H2,1H3. The summed E-state index contributed by atoms with van der Waals surface area (Å²) in [5.41, 5.74) is 2.29. The summed E-state index contributed by atoms with van der Waals surface area (Å²) in [5.74, 6) is 0.150. The van der Waals surface area contributed by atoms with Crippen LogP contribution in [0.25, 0.3) is 0 Å². The van der Waals surface area contributed by atoms with Gasteiger partial charge >= 0.3 is 5.97 Å². The van der Waals surface area contributed by atoms with Crippen LogP contribution in [0.1, 0.15) is 30.4 Å². The lowest BCUT2D eigenvalue weighted by Crippen LogP contribution is -2.23. The second-order valence-electron chi connectivity index (χ2n) is 4.22. The fourth-order valence-corrected chi connectivity index (χ4v) is 1.60. The maximum absolute atomic E-state index is 11.4. The van der Waals surface area contributed by atoms with Crippen LogP contribution in [0, 0.1) is 12.8 Å². The molecule has 80 valence electrons. The van der Waals surface area contributed by atoms with E-state index in [9.17, 15) is 4.79 Å². The highest BCUT2D eigenvalue weighted by molar-refractivity contribution is 5.73. The SMILES string of the molecule is Cc1ccc(COC(=O)C2CCC2)cc1. The van der Waals surface area contributed by atoms with Gasteiger partial charge in [0, 0.05) is 0 Å². The second-order valence-corrected chi connectivity index (χ2v) is 4.22. The van der Waals surface area contributed by atoms with E-state index in [0.29, 0.717) is 6.61 Å². The molecule has 2 nitrogen and oxygen atoms in total. The highest BCUT2D eigenvalue weighted by Gasteiger charge is 2.26. The molecule has 1 aromatic carbocycles. The Hall–Kier alpha value is -1.31. The first-order valence-corrected chi connectivity index (χ1v) is 5.48. The van der Waals surface area contributed by atoms with Crippen molar-refractivity contribution in [2.45, 2.75) is 32.8 Å². The van der Waals surface area contributed by atoms with Crippen LogP contribution < -0.4 is 0 Å². The van der Waals surface area contributed by atoms with Crippen LogP contribution in [0.4, 0.5) is 0 Å². The summed E-state index contributed by atoms with van der Waals surface area (Å²) < 4.78 is 5.23. The summed E-state index contributed by atoms with van der Waals surface area (Å²) in [6.45, 7) is 2.46. The highest BCUT2D eigenvalue weighted by Crippen LogP contribution is 2.27. The number of hydrogen-bond acceptors (Lipinski definition) is 2. The molecule has 1 aliphatic carbocycles. The lowest BCUT2D eigenvalue weighted by Gasteiger charge is -2.23. The quantitative estimate of drug-likeness (QED) is 0.708. The smallest absolute Gasteiger partial charge is 0.309 e. The van der Waals surface area contributed by atoms with E-state index in [0.717, 1.165) is 18.4 Å². The molecule has 1 fully saturated rings. The summed E-state index contributed by atoms with van der Waals surface area (Å²) in [5, 5.41) is 0. The number of carbonyl (C=O) groups excluding carboxylic acids is 1. The average Bonchev–Trinajstić information content (AvgIpc) is 2.14. The molecule has 1 aromatic rings. The van der Waals surface area contributed by atoms with Gasteiger partial charge in [-0.3, -0.25) is 4.79 Å². The van der Waals surface area contributed by atoms with Crippen molar-refractivity contribution in [2.75, 3.05) is 0 Å². The normalized spacial score (nSPS) is 15.8. The van der Waals surface area contributed by atoms with Crippen molar-refractivity contribution in [2.24, 2.45) is 5.92 Å². The predicted molar refractivity (Wildman–Crippen MR) is 58.3 cm³/mol. The van der Waals surface area contributed by atoms with Crippen molar-refractivity contribution in [1.29, 1.82) is 0 Å². The molecule has 0 heterocycles. The fraction of sp³-hybridized carbons (Fsp3) is 0.462. The monoisotopic (exact) mass is 204 g/mol. The van der Waals surface area contributed by atoms with E-state index in [1.807, 2.05) is 31.2 Å². The number of benzene rings is 1. The maximum atomic E-state index is 11.4. The third-order valence-electron chi connectivity index (χ3n) is 2.94. The first-order valence-electron chi connectivity index (χ1n) is 5.48. The summed E-state index contributed by atoms with van der Waals surface area (Å²) in [6.07, 6.45) is 3.18. The molecule has 0 amide bonds. The minimum atomic E-state index is -0.0261. The van der Waals surface area contributed by atoms with Crippen LogP contribution in [-0.4, -0.2) is 5.97 Å². The van der Waals surface area contributed by atoms with Gasteiger partial charge in [-0.05, 0) is 25.3 Å². The highest BCUT2D eigenvalue weighted by atomic mass is 16.5. The molecule has 0 atom stereocenters. The Morgan fingerprint density at radius 1 is 1.33 bits per heavy atom. The van der Waals surface area contributed by atoms with E-state index in [-0.39, 0.29) is 11.9 Å². The third-order valence-corrected chi connectivity index (χ3v) is 2.94. The van der Waals surface area contributed by atoms with Crippen molar-refractivity contribution in [1.82, 2.24) is 0 Å². The van der Waals surface area contributed by atoms with Gasteiger partial charge in [0.05, 0.1) is 5.92 Å². The topological polar surface area (TPSA) is 26.3 Å². The van der Waals surface area contributed by atoms with Crippen molar-refractivity contribution in [3.05, 3.63) is 35.4 Å². The van der Waals surface area contributed by atoms with Crippen LogP contribution in [0.2, 0.25) is 0 Å². The van der Waals surface area contributed by atoms with Gasteiger partial charge in [0.1, 0.15) is 6.61 Å². The van der Waals surface area contributed by atoms with E-state index >= 15 is 0 Å². The molecule has 0 radical (unpaired) electrons. The van der Waals surface area contributed by atoms with Crippen molar-refractivity contribution in [3.8, 4) is 0 Å². The first-order chi connectivity index (χ1) is 7.25. The molecule has 1 aliphatic rings. The van der Waals surface area contributed by atoms with Crippen LogP contribution in [0.3, 0.4) is 0 Å². The van der Waals surface area contributed by atoms with Gasteiger partial charge in [-0.2, -0.15) is 0 Å². The lowest BCUT2D eigenvalue weighted by molar-refractivity contribution is -0.152. The summed E-state index contributed by atoms with van der Waals surface area (Å²) >= 11 is 0. The third kappa shape index (κ3) is 2.58.